The lowest BCUT2D eigenvalue weighted by molar-refractivity contribution is -0.120. The first-order valence-electron chi connectivity index (χ1n) is 8.66. The monoisotopic (exact) mass is 317 g/mol. The molecule has 1 aromatic carbocycles. The molecule has 0 aromatic heterocycles. The van der Waals surface area contributed by atoms with Crippen LogP contribution in [-0.4, -0.2) is 68.1 Å². The Morgan fingerprint density at radius 3 is 2.61 bits per heavy atom. The van der Waals surface area contributed by atoms with E-state index < -0.39 is 0 Å². The number of piperazine rings is 1. The minimum atomic E-state index is 0.184. The molecule has 0 atom stereocenters. The SMILES string of the molecule is CCCN1CCN(CC(=O)N2CCOc3ccc(C)cc32)CC1. The van der Waals surface area contributed by atoms with E-state index in [4.69, 9.17) is 4.74 Å². The summed E-state index contributed by atoms with van der Waals surface area (Å²) in [6.45, 7) is 11.3. The lowest BCUT2D eigenvalue weighted by atomic mass is 10.1. The van der Waals surface area contributed by atoms with Crippen LogP contribution in [0.3, 0.4) is 0 Å². The van der Waals surface area contributed by atoms with Gasteiger partial charge in [0.1, 0.15) is 12.4 Å². The van der Waals surface area contributed by atoms with E-state index in [1.165, 1.54) is 6.42 Å². The highest BCUT2D eigenvalue weighted by molar-refractivity contribution is 5.96. The maximum Gasteiger partial charge on any atom is 0.241 e. The number of aryl methyl sites for hydroxylation is 1. The average Bonchev–Trinajstić information content (AvgIpc) is 2.56. The van der Waals surface area contributed by atoms with Crippen LogP contribution in [0.2, 0.25) is 0 Å². The zero-order chi connectivity index (χ0) is 16.2. The molecule has 1 saturated heterocycles. The van der Waals surface area contributed by atoms with Gasteiger partial charge in [0.15, 0.2) is 0 Å². The molecule has 0 bridgehead atoms. The summed E-state index contributed by atoms with van der Waals surface area (Å²) < 4.78 is 5.68. The van der Waals surface area contributed by atoms with E-state index in [0.717, 1.165) is 49.7 Å². The van der Waals surface area contributed by atoms with Crippen LogP contribution in [0.15, 0.2) is 18.2 Å². The van der Waals surface area contributed by atoms with Crippen LogP contribution in [0.4, 0.5) is 5.69 Å². The molecular weight excluding hydrogens is 290 g/mol. The first kappa shape index (κ1) is 16.3. The number of benzene rings is 1. The van der Waals surface area contributed by atoms with Gasteiger partial charge in [-0.05, 0) is 37.6 Å². The molecule has 5 nitrogen and oxygen atoms in total. The van der Waals surface area contributed by atoms with Gasteiger partial charge in [-0.25, -0.2) is 0 Å². The molecular formula is C18H27N3O2. The van der Waals surface area contributed by atoms with Crippen molar-refractivity contribution in [3.63, 3.8) is 0 Å². The van der Waals surface area contributed by atoms with Crippen molar-refractivity contribution in [2.75, 3.05) is 57.3 Å². The van der Waals surface area contributed by atoms with Gasteiger partial charge in [-0.2, -0.15) is 0 Å². The van der Waals surface area contributed by atoms with Crippen LogP contribution in [-0.2, 0) is 4.79 Å². The molecule has 126 valence electrons. The van der Waals surface area contributed by atoms with Gasteiger partial charge in [-0.15, -0.1) is 0 Å². The van der Waals surface area contributed by atoms with E-state index in [-0.39, 0.29) is 5.91 Å². The maximum atomic E-state index is 12.8. The first-order valence-corrected chi connectivity index (χ1v) is 8.66. The number of carbonyl (C=O) groups is 1. The molecule has 5 heteroatoms. The lowest BCUT2D eigenvalue weighted by Gasteiger charge is -2.36. The summed E-state index contributed by atoms with van der Waals surface area (Å²) >= 11 is 0. The predicted molar refractivity (Wildman–Crippen MR) is 92.2 cm³/mol. The number of hydrogen-bond acceptors (Lipinski definition) is 4. The summed E-state index contributed by atoms with van der Waals surface area (Å²) in [5.41, 5.74) is 2.08. The number of amides is 1. The summed E-state index contributed by atoms with van der Waals surface area (Å²) in [7, 11) is 0. The van der Waals surface area contributed by atoms with E-state index in [1.807, 2.05) is 30.0 Å². The summed E-state index contributed by atoms with van der Waals surface area (Å²) in [5.74, 6) is 1.01. The lowest BCUT2D eigenvalue weighted by Crippen LogP contribution is -2.51. The number of ether oxygens (including phenoxy) is 1. The van der Waals surface area contributed by atoms with Crippen molar-refractivity contribution >= 4 is 11.6 Å². The van der Waals surface area contributed by atoms with Crippen LogP contribution in [0.25, 0.3) is 0 Å². The molecule has 1 aromatic rings. The summed E-state index contributed by atoms with van der Waals surface area (Å²) in [5, 5.41) is 0. The van der Waals surface area contributed by atoms with Crippen molar-refractivity contribution in [3.05, 3.63) is 23.8 Å². The minimum absolute atomic E-state index is 0.184. The van der Waals surface area contributed by atoms with Gasteiger partial charge in [0.2, 0.25) is 5.91 Å². The number of rotatable bonds is 4. The van der Waals surface area contributed by atoms with Crippen LogP contribution in [0, 0.1) is 6.92 Å². The van der Waals surface area contributed by atoms with Gasteiger partial charge >= 0.3 is 0 Å². The van der Waals surface area contributed by atoms with Crippen molar-refractivity contribution < 1.29 is 9.53 Å². The number of anilines is 1. The van der Waals surface area contributed by atoms with Crippen molar-refractivity contribution in [3.8, 4) is 5.75 Å². The highest BCUT2D eigenvalue weighted by Gasteiger charge is 2.26. The highest BCUT2D eigenvalue weighted by atomic mass is 16.5. The van der Waals surface area contributed by atoms with E-state index in [1.54, 1.807) is 0 Å². The highest BCUT2D eigenvalue weighted by Crippen LogP contribution is 2.32. The smallest absolute Gasteiger partial charge is 0.241 e. The first-order chi connectivity index (χ1) is 11.2. The van der Waals surface area contributed by atoms with Gasteiger partial charge in [0.05, 0.1) is 18.8 Å². The molecule has 1 amide bonds. The number of hydrogen-bond donors (Lipinski definition) is 0. The Morgan fingerprint density at radius 1 is 1.13 bits per heavy atom. The van der Waals surface area contributed by atoms with Crippen molar-refractivity contribution in [2.45, 2.75) is 20.3 Å². The second kappa shape index (κ2) is 7.32. The third-order valence-corrected chi connectivity index (χ3v) is 4.64. The summed E-state index contributed by atoms with van der Waals surface area (Å²) in [6, 6.07) is 6.04. The van der Waals surface area contributed by atoms with Crippen LogP contribution in [0.5, 0.6) is 5.75 Å². The van der Waals surface area contributed by atoms with Gasteiger partial charge in [-0.3, -0.25) is 9.69 Å². The van der Waals surface area contributed by atoms with Crippen molar-refractivity contribution in [1.82, 2.24) is 9.80 Å². The maximum absolute atomic E-state index is 12.8. The van der Waals surface area contributed by atoms with E-state index >= 15 is 0 Å². The van der Waals surface area contributed by atoms with E-state index in [2.05, 4.69) is 16.7 Å². The number of nitrogens with zero attached hydrogens (tertiary/aromatic N) is 3. The fraction of sp³-hybridized carbons (Fsp3) is 0.611. The normalized spacial score (nSPS) is 19.3. The Balaban J connectivity index is 1.61. The van der Waals surface area contributed by atoms with Gasteiger partial charge in [0, 0.05) is 26.2 Å². The molecule has 2 heterocycles. The van der Waals surface area contributed by atoms with Crippen molar-refractivity contribution in [2.24, 2.45) is 0 Å². The number of carbonyl (C=O) groups excluding carboxylic acids is 1. The molecule has 23 heavy (non-hydrogen) atoms. The van der Waals surface area contributed by atoms with Gasteiger partial charge in [-0.1, -0.05) is 13.0 Å². The Morgan fingerprint density at radius 2 is 1.87 bits per heavy atom. The Labute approximate surface area is 138 Å². The second-order valence-corrected chi connectivity index (χ2v) is 6.48. The molecule has 1 fully saturated rings. The minimum Gasteiger partial charge on any atom is -0.490 e. The molecule has 0 unspecified atom stereocenters. The van der Waals surface area contributed by atoms with E-state index in [9.17, 15) is 4.79 Å². The molecule has 3 rings (SSSR count). The van der Waals surface area contributed by atoms with Crippen LogP contribution >= 0.6 is 0 Å². The molecule has 0 N–H and O–H groups in total. The zero-order valence-electron chi connectivity index (χ0n) is 14.3. The average molecular weight is 317 g/mol. The molecule has 0 aliphatic carbocycles. The molecule has 0 spiro atoms. The van der Waals surface area contributed by atoms with Crippen molar-refractivity contribution in [1.29, 1.82) is 0 Å². The topological polar surface area (TPSA) is 36.0 Å². The predicted octanol–water partition coefficient (Wildman–Crippen LogP) is 1.75. The van der Waals surface area contributed by atoms with Gasteiger partial charge in [0.25, 0.3) is 0 Å². The Bertz CT molecular complexity index is 553. The Hall–Kier alpha value is -1.59. The summed E-state index contributed by atoms with van der Waals surface area (Å²) in [6.07, 6.45) is 1.20. The largest absolute Gasteiger partial charge is 0.490 e. The molecule has 0 radical (unpaired) electrons. The standard InChI is InChI=1S/C18H27N3O2/c1-3-6-19-7-9-20(10-8-19)14-18(22)21-11-12-23-17-5-4-15(2)13-16(17)21/h4-5,13H,3,6-12,14H2,1-2H3. The molecule has 0 saturated carbocycles. The fourth-order valence-electron chi connectivity index (χ4n) is 3.35. The third-order valence-electron chi connectivity index (χ3n) is 4.64. The van der Waals surface area contributed by atoms with Crippen LogP contribution < -0.4 is 9.64 Å². The molecule has 2 aliphatic rings. The van der Waals surface area contributed by atoms with Gasteiger partial charge < -0.3 is 14.5 Å². The third kappa shape index (κ3) is 3.85. The van der Waals surface area contributed by atoms with Crippen LogP contribution in [0.1, 0.15) is 18.9 Å². The second-order valence-electron chi connectivity index (χ2n) is 6.48. The molecule has 2 aliphatic heterocycles. The van der Waals surface area contributed by atoms with E-state index in [0.29, 0.717) is 19.7 Å². The fourth-order valence-corrected chi connectivity index (χ4v) is 3.35. The quantitative estimate of drug-likeness (QED) is 0.848. The summed E-state index contributed by atoms with van der Waals surface area (Å²) in [4.78, 5) is 19.4. The Kier molecular flexibility index (Phi) is 5.18. The zero-order valence-corrected chi connectivity index (χ0v) is 14.3. The number of fused-ring (bicyclic) bond motifs is 1.